The summed E-state index contributed by atoms with van der Waals surface area (Å²) in [6.45, 7) is 1.12. The van der Waals surface area contributed by atoms with Crippen molar-refractivity contribution in [2.24, 2.45) is 4.99 Å². The molecule has 0 unspecified atom stereocenters. The lowest BCUT2D eigenvalue weighted by Gasteiger charge is -2.11. The summed E-state index contributed by atoms with van der Waals surface area (Å²) in [6, 6.07) is 5.76. The normalized spacial score (nSPS) is 12.5. The predicted molar refractivity (Wildman–Crippen MR) is 101 cm³/mol. The molecule has 3 aromatic heterocycles. The molecule has 0 radical (unpaired) electrons. The van der Waals surface area contributed by atoms with Crippen LogP contribution in [0.3, 0.4) is 0 Å². The third-order valence-corrected chi connectivity index (χ3v) is 4.86. The lowest BCUT2D eigenvalue weighted by molar-refractivity contribution is -0.140. The van der Waals surface area contributed by atoms with E-state index in [-0.39, 0.29) is 0 Å². The lowest BCUT2D eigenvalue weighted by Crippen LogP contribution is -2.38. The summed E-state index contributed by atoms with van der Waals surface area (Å²) < 4.78 is 39.6. The number of fused-ring (bicyclic) bond motifs is 1. The van der Waals surface area contributed by atoms with Gasteiger partial charge in [-0.15, -0.1) is 21.5 Å². The number of pyridine rings is 1. The number of thiazole rings is 1. The van der Waals surface area contributed by atoms with Gasteiger partial charge in [-0.1, -0.05) is 6.07 Å². The minimum absolute atomic E-state index is 0.396. The molecule has 0 aliphatic rings. The molecule has 3 heterocycles. The number of nitrogens with zero attached hydrogens (tertiary/aromatic N) is 5. The molecule has 3 aromatic rings. The molecule has 7 nitrogen and oxygen atoms in total. The van der Waals surface area contributed by atoms with E-state index >= 15 is 0 Å². The van der Waals surface area contributed by atoms with Gasteiger partial charge in [0.1, 0.15) is 5.82 Å². The topological polar surface area (TPSA) is 79.5 Å². The Labute approximate surface area is 163 Å². The average molecular weight is 411 g/mol. The minimum atomic E-state index is -4.39. The molecule has 0 saturated heterocycles. The first-order valence-corrected chi connectivity index (χ1v) is 9.60. The van der Waals surface area contributed by atoms with Crippen LogP contribution in [0.25, 0.3) is 5.65 Å². The summed E-state index contributed by atoms with van der Waals surface area (Å²) in [6.07, 6.45) is -0.476. The Balaban J connectivity index is 1.38. The number of aromatic nitrogens is 4. The van der Waals surface area contributed by atoms with Crippen LogP contribution < -0.4 is 10.6 Å². The smallest absolute Gasteiger partial charge is 0.356 e. The SMILES string of the molecule is CN=C(NCCCc1nnc2ccccn12)NCCc1nc(C(F)(F)F)cs1. The van der Waals surface area contributed by atoms with E-state index in [4.69, 9.17) is 0 Å². The lowest BCUT2D eigenvalue weighted by atomic mass is 10.3. The van der Waals surface area contributed by atoms with Crippen molar-refractivity contribution in [3.8, 4) is 0 Å². The summed E-state index contributed by atoms with van der Waals surface area (Å²) in [7, 11) is 1.65. The van der Waals surface area contributed by atoms with Crippen molar-refractivity contribution in [1.29, 1.82) is 0 Å². The zero-order valence-corrected chi connectivity index (χ0v) is 16.0. The van der Waals surface area contributed by atoms with Gasteiger partial charge in [0, 0.05) is 44.6 Å². The first-order valence-electron chi connectivity index (χ1n) is 8.72. The second-order valence-corrected chi connectivity index (χ2v) is 6.89. The number of guanidine groups is 1. The van der Waals surface area contributed by atoms with E-state index in [9.17, 15) is 13.2 Å². The van der Waals surface area contributed by atoms with E-state index in [2.05, 4.69) is 30.8 Å². The van der Waals surface area contributed by atoms with E-state index < -0.39 is 11.9 Å². The highest BCUT2D eigenvalue weighted by Gasteiger charge is 2.33. The zero-order valence-electron chi connectivity index (χ0n) is 15.2. The molecule has 0 fully saturated rings. The molecule has 0 spiro atoms. The van der Waals surface area contributed by atoms with Crippen molar-refractivity contribution in [2.45, 2.75) is 25.4 Å². The number of rotatable bonds is 7. The van der Waals surface area contributed by atoms with Crippen molar-refractivity contribution in [3.05, 3.63) is 46.3 Å². The van der Waals surface area contributed by atoms with E-state index in [0.29, 0.717) is 30.5 Å². The molecule has 3 rings (SSSR count). The summed E-state index contributed by atoms with van der Waals surface area (Å²) in [5.74, 6) is 1.49. The highest BCUT2D eigenvalue weighted by atomic mass is 32.1. The maximum atomic E-state index is 12.6. The van der Waals surface area contributed by atoms with E-state index in [1.165, 1.54) is 0 Å². The average Bonchev–Trinajstić information content (AvgIpc) is 3.31. The van der Waals surface area contributed by atoms with Crippen molar-refractivity contribution in [1.82, 2.24) is 30.2 Å². The molecule has 0 aliphatic carbocycles. The molecule has 0 bridgehead atoms. The Bertz CT molecular complexity index is 932. The molecule has 0 aliphatic heterocycles. The Morgan fingerprint density at radius 1 is 1.18 bits per heavy atom. The number of hydrogen-bond acceptors (Lipinski definition) is 5. The number of hydrogen-bond donors (Lipinski definition) is 2. The van der Waals surface area contributed by atoms with Crippen LogP contribution in [0.2, 0.25) is 0 Å². The Kier molecular flexibility index (Phi) is 6.45. The summed E-state index contributed by atoms with van der Waals surface area (Å²) >= 11 is 1.01. The van der Waals surface area contributed by atoms with E-state index in [1.54, 1.807) is 7.05 Å². The maximum absolute atomic E-state index is 12.6. The molecule has 0 amide bonds. The van der Waals surface area contributed by atoms with Crippen LogP contribution >= 0.6 is 11.3 Å². The molecule has 0 aromatic carbocycles. The number of aliphatic imine (C=N–C) groups is 1. The number of nitrogens with one attached hydrogen (secondary N) is 2. The molecular weight excluding hydrogens is 391 g/mol. The predicted octanol–water partition coefficient (Wildman–Crippen LogP) is 2.54. The van der Waals surface area contributed by atoms with Gasteiger partial charge < -0.3 is 10.6 Å². The highest BCUT2D eigenvalue weighted by Crippen LogP contribution is 2.29. The van der Waals surface area contributed by atoms with Crippen molar-refractivity contribution in [3.63, 3.8) is 0 Å². The van der Waals surface area contributed by atoms with Gasteiger partial charge in [-0.05, 0) is 18.6 Å². The van der Waals surface area contributed by atoms with Gasteiger partial charge in [0.15, 0.2) is 17.3 Å². The van der Waals surface area contributed by atoms with Gasteiger partial charge in [-0.2, -0.15) is 13.2 Å². The maximum Gasteiger partial charge on any atom is 0.434 e. The second-order valence-electron chi connectivity index (χ2n) is 5.95. The Morgan fingerprint density at radius 2 is 2.00 bits per heavy atom. The van der Waals surface area contributed by atoms with Gasteiger partial charge in [0.25, 0.3) is 0 Å². The molecule has 0 saturated carbocycles. The van der Waals surface area contributed by atoms with Crippen LogP contribution in [0.15, 0.2) is 34.8 Å². The van der Waals surface area contributed by atoms with Crippen LogP contribution in [0.5, 0.6) is 0 Å². The first kappa shape index (κ1) is 20.1. The van der Waals surface area contributed by atoms with Gasteiger partial charge >= 0.3 is 6.18 Å². The van der Waals surface area contributed by atoms with E-state index in [0.717, 1.165) is 41.0 Å². The number of aryl methyl sites for hydroxylation is 1. The second kappa shape index (κ2) is 9.00. The minimum Gasteiger partial charge on any atom is -0.356 e. The summed E-state index contributed by atoms with van der Waals surface area (Å²) in [5.41, 5.74) is -0.0187. The van der Waals surface area contributed by atoms with Crippen molar-refractivity contribution in [2.75, 3.05) is 20.1 Å². The summed E-state index contributed by atoms with van der Waals surface area (Å²) in [5, 5.41) is 16.0. The van der Waals surface area contributed by atoms with Crippen molar-refractivity contribution < 1.29 is 13.2 Å². The van der Waals surface area contributed by atoms with Crippen LogP contribution in [0, 0.1) is 0 Å². The fourth-order valence-electron chi connectivity index (χ4n) is 2.58. The van der Waals surface area contributed by atoms with Crippen LogP contribution in [0.1, 0.15) is 22.9 Å². The van der Waals surface area contributed by atoms with Crippen LogP contribution in [-0.2, 0) is 19.0 Å². The molecule has 2 N–H and O–H groups in total. The zero-order chi connectivity index (χ0) is 20.0. The fraction of sp³-hybridized carbons (Fsp3) is 0.412. The Morgan fingerprint density at radius 3 is 2.75 bits per heavy atom. The molecule has 28 heavy (non-hydrogen) atoms. The Hall–Kier alpha value is -2.69. The van der Waals surface area contributed by atoms with Gasteiger partial charge in [0.2, 0.25) is 0 Å². The largest absolute Gasteiger partial charge is 0.434 e. The van der Waals surface area contributed by atoms with Crippen LogP contribution in [0.4, 0.5) is 13.2 Å². The van der Waals surface area contributed by atoms with Gasteiger partial charge in [-0.3, -0.25) is 9.39 Å². The third kappa shape index (κ3) is 5.18. The third-order valence-electron chi connectivity index (χ3n) is 3.95. The van der Waals surface area contributed by atoms with Crippen molar-refractivity contribution >= 4 is 22.9 Å². The number of halogens is 3. The van der Waals surface area contributed by atoms with Gasteiger partial charge in [0.05, 0.1) is 5.01 Å². The van der Waals surface area contributed by atoms with Crippen LogP contribution in [-0.4, -0.2) is 45.7 Å². The molecule has 0 atom stereocenters. The quantitative estimate of drug-likeness (QED) is 0.355. The molecule has 11 heteroatoms. The fourth-order valence-corrected chi connectivity index (χ4v) is 3.38. The highest BCUT2D eigenvalue weighted by molar-refractivity contribution is 7.09. The monoisotopic (exact) mass is 411 g/mol. The standard InChI is InChI=1S/C17H20F3N7S/c1-21-16(23-9-7-15-24-12(11-28-15)17(18,19)20)22-8-4-6-14-26-25-13-5-2-3-10-27(13)14/h2-3,5,10-11H,4,6-9H2,1H3,(H2,21,22,23). The first-order chi connectivity index (χ1) is 13.5. The summed E-state index contributed by atoms with van der Waals surface area (Å²) in [4.78, 5) is 7.72. The molecule has 150 valence electrons. The number of alkyl halides is 3. The van der Waals surface area contributed by atoms with Gasteiger partial charge in [-0.25, -0.2) is 4.98 Å². The molecular formula is C17H20F3N7S. The van der Waals surface area contributed by atoms with E-state index in [1.807, 2.05) is 28.8 Å².